The van der Waals surface area contributed by atoms with Gasteiger partial charge in [-0.1, -0.05) is 12.1 Å². The lowest BCUT2D eigenvalue weighted by atomic mass is 10.1. The second kappa shape index (κ2) is 6.52. The lowest BCUT2D eigenvalue weighted by Gasteiger charge is -2.20. The van der Waals surface area contributed by atoms with Crippen molar-refractivity contribution in [1.82, 2.24) is 5.32 Å². The molecule has 0 aromatic heterocycles. The van der Waals surface area contributed by atoms with E-state index >= 15 is 0 Å². The highest BCUT2D eigenvalue weighted by molar-refractivity contribution is 5.90. The molecule has 4 nitrogen and oxygen atoms in total. The van der Waals surface area contributed by atoms with Crippen molar-refractivity contribution < 1.29 is 9.90 Å². The Bertz CT molecular complexity index is 380. The fourth-order valence-corrected chi connectivity index (χ4v) is 1.47. The van der Waals surface area contributed by atoms with E-state index in [0.29, 0.717) is 13.0 Å². The summed E-state index contributed by atoms with van der Waals surface area (Å²) in [5.74, 6) is -0.0106. The summed E-state index contributed by atoms with van der Waals surface area (Å²) in [6.45, 7) is 6.88. The Balaban J connectivity index is 2.35. The van der Waals surface area contributed by atoms with Crippen LogP contribution in [0.1, 0.15) is 32.8 Å². The SMILES string of the molecule is CC(C)(C)NCCC(=O)Nc1ccc(CO)cc1. The first-order valence-corrected chi connectivity index (χ1v) is 6.15. The van der Waals surface area contributed by atoms with Gasteiger partial charge in [-0.3, -0.25) is 4.79 Å². The van der Waals surface area contributed by atoms with E-state index in [1.54, 1.807) is 24.3 Å². The van der Waals surface area contributed by atoms with Gasteiger partial charge in [-0.15, -0.1) is 0 Å². The van der Waals surface area contributed by atoms with E-state index in [-0.39, 0.29) is 18.1 Å². The van der Waals surface area contributed by atoms with Crippen LogP contribution in [0.25, 0.3) is 0 Å². The molecule has 1 aromatic rings. The third-order valence-electron chi connectivity index (χ3n) is 2.43. The van der Waals surface area contributed by atoms with Gasteiger partial charge in [-0.05, 0) is 38.5 Å². The zero-order valence-corrected chi connectivity index (χ0v) is 11.3. The van der Waals surface area contributed by atoms with Crippen molar-refractivity contribution >= 4 is 11.6 Å². The molecule has 1 rings (SSSR count). The van der Waals surface area contributed by atoms with Crippen LogP contribution in [0, 0.1) is 0 Å². The van der Waals surface area contributed by atoms with Gasteiger partial charge in [0.25, 0.3) is 0 Å². The second-order valence-corrected chi connectivity index (χ2v) is 5.33. The first-order chi connectivity index (χ1) is 8.40. The van der Waals surface area contributed by atoms with Crippen molar-refractivity contribution in [3.8, 4) is 0 Å². The minimum Gasteiger partial charge on any atom is -0.392 e. The smallest absolute Gasteiger partial charge is 0.225 e. The molecule has 0 aliphatic heterocycles. The number of carbonyl (C=O) groups is 1. The lowest BCUT2D eigenvalue weighted by Crippen LogP contribution is -2.37. The van der Waals surface area contributed by atoms with E-state index in [0.717, 1.165) is 11.3 Å². The minimum atomic E-state index is -0.0106. The summed E-state index contributed by atoms with van der Waals surface area (Å²) in [7, 11) is 0. The summed E-state index contributed by atoms with van der Waals surface area (Å²) in [6.07, 6.45) is 0.443. The molecule has 0 heterocycles. The van der Waals surface area contributed by atoms with Gasteiger partial charge in [0.15, 0.2) is 0 Å². The molecule has 0 saturated carbocycles. The molecule has 0 saturated heterocycles. The summed E-state index contributed by atoms with van der Waals surface area (Å²) in [5, 5.41) is 15.0. The van der Waals surface area contributed by atoms with E-state index in [4.69, 9.17) is 5.11 Å². The molecule has 1 amide bonds. The molecular formula is C14H22N2O2. The average Bonchev–Trinajstić information content (AvgIpc) is 2.28. The normalized spacial score (nSPS) is 11.3. The summed E-state index contributed by atoms with van der Waals surface area (Å²) < 4.78 is 0. The molecule has 18 heavy (non-hydrogen) atoms. The van der Waals surface area contributed by atoms with E-state index in [2.05, 4.69) is 31.4 Å². The molecule has 0 fully saturated rings. The van der Waals surface area contributed by atoms with Gasteiger partial charge in [0, 0.05) is 24.2 Å². The number of aliphatic hydroxyl groups is 1. The van der Waals surface area contributed by atoms with E-state index < -0.39 is 0 Å². The highest BCUT2D eigenvalue weighted by atomic mass is 16.3. The number of anilines is 1. The van der Waals surface area contributed by atoms with Crippen LogP contribution in [0.3, 0.4) is 0 Å². The van der Waals surface area contributed by atoms with Gasteiger partial charge in [0.2, 0.25) is 5.91 Å². The molecule has 0 unspecified atom stereocenters. The number of carbonyl (C=O) groups excluding carboxylic acids is 1. The number of hydrogen-bond acceptors (Lipinski definition) is 3. The van der Waals surface area contributed by atoms with Crippen molar-refractivity contribution in [2.75, 3.05) is 11.9 Å². The third kappa shape index (κ3) is 5.80. The Labute approximate surface area is 108 Å². The van der Waals surface area contributed by atoms with Crippen molar-refractivity contribution in [2.45, 2.75) is 39.3 Å². The first-order valence-electron chi connectivity index (χ1n) is 6.15. The van der Waals surface area contributed by atoms with Gasteiger partial charge in [0.1, 0.15) is 0 Å². The number of benzene rings is 1. The molecule has 4 heteroatoms. The predicted octanol–water partition coefficient (Wildman–Crippen LogP) is 1.90. The number of aliphatic hydroxyl groups excluding tert-OH is 1. The summed E-state index contributed by atoms with van der Waals surface area (Å²) >= 11 is 0. The van der Waals surface area contributed by atoms with Crippen LogP contribution in [0.5, 0.6) is 0 Å². The summed E-state index contributed by atoms with van der Waals surface area (Å²) in [4.78, 5) is 11.7. The zero-order chi connectivity index (χ0) is 13.6. The molecule has 3 N–H and O–H groups in total. The molecule has 0 radical (unpaired) electrons. The van der Waals surface area contributed by atoms with Crippen molar-refractivity contribution in [3.63, 3.8) is 0 Å². The minimum absolute atomic E-state index is 0.0106. The standard InChI is InChI=1S/C14H22N2O2/c1-14(2,3)15-9-8-13(18)16-12-6-4-11(10-17)5-7-12/h4-7,15,17H,8-10H2,1-3H3,(H,16,18). The van der Waals surface area contributed by atoms with Gasteiger partial charge in [-0.2, -0.15) is 0 Å². The highest BCUT2D eigenvalue weighted by Crippen LogP contribution is 2.09. The fourth-order valence-electron chi connectivity index (χ4n) is 1.47. The highest BCUT2D eigenvalue weighted by Gasteiger charge is 2.09. The monoisotopic (exact) mass is 250 g/mol. The first kappa shape index (κ1) is 14.7. The van der Waals surface area contributed by atoms with Crippen molar-refractivity contribution in [1.29, 1.82) is 0 Å². The molecule has 0 spiro atoms. The maximum absolute atomic E-state index is 11.7. The van der Waals surface area contributed by atoms with E-state index in [9.17, 15) is 4.79 Å². The van der Waals surface area contributed by atoms with Gasteiger partial charge in [0.05, 0.1) is 6.61 Å². The molecular weight excluding hydrogens is 228 g/mol. The van der Waals surface area contributed by atoms with Crippen LogP contribution in [0.15, 0.2) is 24.3 Å². The van der Waals surface area contributed by atoms with Crippen molar-refractivity contribution in [2.24, 2.45) is 0 Å². The topological polar surface area (TPSA) is 61.4 Å². The number of nitrogens with one attached hydrogen (secondary N) is 2. The van der Waals surface area contributed by atoms with Gasteiger partial charge < -0.3 is 15.7 Å². The Morgan fingerprint density at radius 1 is 1.22 bits per heavy atom. The summed E-state index contributed by atoms with van der Waals surface area (Å²) in [5.41, 5.74) is 1.62. The number of rotatable bonds is 5. The van der Waals surface area contributed by atoms with E-state index in [1.807, 2.05) is 0 Å². The van der Waals surface area contributed by atoms with E-state index in [1.165, 1.54) is 0 Å². The van der Waals surface area contributed by atoms with Crippen LogP contribution in [-0.4, -0.2) is 23.1 Å². The molecule has 100 valence electrons. The lowest BCUT2D eigenvalue weighted by molar-refractivity contribution is -0.116. The maximum atomic E-state index is 11.7. The van der Waals surface area contributed by atoms with Crippen LogP contribution in [0.2, 0.25) is 0 Å². The van der Waals surface area contributed by atoms with Gasteiger partial charge in [-0.25, -0.2) is 0 Å². The van der Waals surface area contributed by atoms with Crippen LogP contribution < -0.4 is 10.6 Å². The predicted molar refractivity (Wildman–Crippen MR) is 73.4 cm³/mol. The second-order valence-electron chi connectivity index (χ2n) is 5.33. The number of hydrogen-bond donors (Lipinski definition) is 3. The molecule has 1 aromatic carbocycles. The zero-order valence-electron chi connectivity index (χ0n) is 11.3. The fraction of sp³-hybridized carbons (Fsp3) is 0.500. The third-order valence-corrected chi connectivity index (χ3v) is 2.43. The largest absolute Gasteiger partial charge is 0.392 e. The van der Waals surface area contributed by atoms with Crippen LogP contribution in [0.4, 0.5) is 5.69 Å². The van der Waals surface area contributed by atoms with Crippen LogP contribution in [-0.2, 0) is 11.4 Å². The van der Waals surface area contributed by atoms with Crippen LogP contribution >= 0.6 is 0 Å². The molecule has 0 aliphatic rings. The molecule has 0 bridgehead atoms. The molecule has 0 atom stereocenters. The Morgan fingerprint density at radius 2 is 1.83 bits per heavy atom. The molecule has 0 aliphatic carbocycles. The summed E-state index contributed by atoms with van der Waals surface area (Å²) in [6, 6.07) is 7.17. The Kier molecular flexibility index (Phi) is 5.31. The average molecular weight is 250 g/mol. The van der Waals surface area contributed by atoms with Crippen molar-refractivity contribution in [3.05, 3.63) is 29.8 Å². The van der Waals surface area contributed by atoms with Gasteiger partial charge >= 0.3 is 0 Å². The number of amides is 1. The maximum Gasteiger partial charge on any atom is 0.225 e. The Hall–Kier alpha value is -1.39. The quantitative estimate of drug-likeness (QED) is 0.748. The Morgan fingerprint density at radius 3 is 2.33 bits per heavy atom.